The Morgan fingerprint density at radius 1 is 1.19 bits per heavy atom. The van der Waals surface area contributed by atoms with Crippen LogP contribution in [-0.2, 0) is 4.79 Å². The minimum atomic E-state index is -3.28. The van der Waals surface area contributed by atoms with Gasteiger partial charge in [0.2, 0.25) is 5.91 Å². The van der Waals surface area contributed by atoms with Crippen LogP contribution in [0.3, 0.4) is 0 Å². The van der Waals surface area contributed by atoms with Crippen LogP contribution in [0.25, 0.3) is 0 Å². The molecule has 1 aliphatic rings. The second-order valence-corrected chi connectivity index (χ2v) is 7.72. The third-order valence-electron chi connectivity index (χ3n) is 4.38. The lowest BCUT2D eigenvalue weighted by molar-refractivity contribution is -0.124. The number of benzene rings is 1. The van der Waals surface area contributed by atoms with Gasteiger partial charge in [0.05, 0.1) is 0 Å². The van der Waals surface area contributed by atoms with Crippen molar-refractivity contribution in [3.63, 3.8) is 0 Å². The van der Waals surface area contributed by atoms with E-state index < -0.39 is 30.1 Å². The Hall–Kier alpha value is -2.25. The number of carbonyl (C=O) groups excluding carboxylic acids is 2. The summed E-state index contributed by atoms with van der Waals surface area (Å²) in [7, 11) is 1.47. The van der Waals surface area contributed by atoms with E-state index in [1.807, 2.05) is 0 Å². The van der Waals surface area contributed by atoms with Crippen LogP contribution in [0, 0.1) is 5.41 Å². The molecular weight excluding hydrogens is 361 g/mol. The Balaban J connectivity index is 2.26. The molecule has 1 aromatic rings. The lowest BCUT2D eigenvalue weighted by Crippen LogP contribution is -2.52. The number of amides is 2. The fourth-order valence-corrected chi connectivity index (χ4v) is 2.72. The van der Waals surface area contributed by atoms with Gasteiger partial charge in [-0.05, 0) is 41.9 Å². The van der Waals surface area contributed by atoms with E-state index >= 15 is 0 Å². The topological polar surface area (TPSA) is 67.4 Å². The predicted octanol–water partition coefficient (Wildman–Crippen LogP) is 3.39. The van der Waals surface area contributed by atoms with Crippen molar-refractivity contribution in [2.45, 2.75) is 58.4 Å². The zero-order valence-electron chi connectivity index (χ0n) is 15.8. The third kappa shape index (κ3) is 5.37. The van der Waals surface area contributed by atoms with Gasteiger partial charge < -0.3 is 15.4 Å². The Morgan fingerprint density at radius 3 is 2.30 bits per heavy atom. The van der Waals surface area contributed by atoms with Gasteiger partial charge in [0.15, 0.2) is 0 Å². The van der Waals surface area contributed by atoms with Gasteiger partial charge in [0, 0.05) is 12.6 Å². The highest BCUT2D eigenvalue weighted by Gasteiger charge is 2.33. The first kappa shape index (κ1) is 21.1. The molecule has 150 valence electrons. The fraction of sp³-hybridized carbons (Fsp3) is 0.579. The molecule has 2 amide bonds. The van der Waals surface area contributed by atoms with Crippen LogP contribution < -0.4 is 15.4 Å². The largest absolute Gasteiger partial charge is 0.454 e. The number of halogens is 3. The van der Waals surface area contributed by atoms with Crippen molar-refractivity contribution in [2.24, 2.45) is 5.41 Å². The lowest BCUT2D eigenvalue weighted by atomic mass is 9.86. The van der Waals surface area contributed by atoms with Gasteiger partial charge >= 0.3 is 6.43 Å². The van der Waals surface area contributed by atoms with E-state index in [2.05, 4.69) is 10.6 Å². The van der Waals surface area contributed by atoms with Crippen molar-refractivity contribution in [1.82, 2.24) is 10.6 Å². The number of hydrogen-bond donors (Lipinski definition) is 2. The van der Waals surface area contributed by atoms with Crippen molar-refractivity contribution in [3.05, 3.63) is 29.3 Å². The fourth-order valence-electron chi connectivity index (χ4n) is 2.72. The zero-order chi connectivity index (χ0) is 20.4. The van der Waals surface area contributed by atoms with Gasteiger partial charge in [-0.2, -0.15) is 4.39 Å². The summed E-state index contributed by atoms with van der Waals surface area (Å²) >= 11 is 0. The van der Waals surface area contributed by atoms with Crippen LogP contribution in [0.5, 0.6) is 5.75 Å². The summed E-state index contributed by atoms with van der Waals surface area (Å²) < 4.78 is 43.2. The number of hydrogen-bond acceptors (Lipinski definition) is 3. The molecule has 1 aliphatic carbocycles. The minimum Gasteiger partial charge on any atom is -0.454 e. The first-order chi connectivity index (χ1) is 12.5. The van der Waals surface area contributed by atoms with E-state index in [1.54, 1.807) is 26.8 Å². The Labute approximate surface area is 156 Å². The molecule has 0 spiro atoms. The van der Waals surface area contributed by atoms with Gasteiger partial charge in [0.1, 0.15) is 11.8 Å². The summed E-state index contributed by atoms with van der Waals surface area (Å²) in [6.07, 6.45) is -4.34. The molecule has 1 saturated carbocycles. The quantitative estimate of drug-likeness (QED) is 0.755. The van der Waals surface area contributed by atoms with Crippen molar-refractivity contribution in [2.75, 3.05) is 7.05 Å². The maximum absolute atomic E-state index is 13.4. The molecule has 27 heavy (non-hydrogen) atoms. The molecular formula is C19H25F3N2O3. The normalized spacial score (nSPS) is 16.6. The smallest absolute Gasteiger partial charge is 0.304 e. The first-order valence-corrected chi connectivity index (χ1v) is 8.80. The highest BCUT2D eigenvalue weighted by atomic mass is 19.3. The monoisotopic (exact) mass is 386 g/mol. The average molecular weight is 386 g/mol. The van der Waals surface area contributed by atoms with Crippen LogP contribution >= 0.6 is 0 Å². The summed E-state index contributed by atoms with van der Waals surface area (Å²) in [4.78, 5) is 24.7. The maximum atomic E-state index is 13.4. The van der Waals surface area contributed by atoms with E-state index in [9.17, 15) is 22.8 Å². The van der Waals surface area contributed by atoms with Gasteiger partial charge in [-0.25, -0.2) is 8.78 Å². The van der Waals surface area contributed by atoms with Crippen LogP contribution in [0.1, 0.15) is 55.5 Å². The van der Waals surface area contributed by atoms with Crippen molar-refractivity contribution >= 4 is 11.8 Å². The molecule has 2 rings (SSSR count). The molecule has 0 aliphatic heterocycles. The van der Waals surface area contributed by atoms with Crippen LogP contribution in [-0.4, -0.2) is 37.7 Å². The average Bonchev–Trinajstić information content (AvgIpc) is 3.42. The lowest BCUT2D eigenvalue weighted by Gasteiger charge is -2.30. The summed E-state index contributed by atoms with van der Waals surface area (Å²) in [5.74, 6) is -0.873. The molecule has 0 saturated heterocycles. The third-order valence-corrected chi connectivity index (χ3v) is 4.38. The minimum absolute atomic E-state index is 0.0646. The molecule has 0 bridgehead atoms. The number of ether oxygens (including phenoxy) is 1. The Bertz CT molecular complexity index is 700. The second-order valence-electron chi connectivity index (χ2n) is 7.72. The standard InChI is InChI=1S/C19H25F3N2O3/c1-19(2,3)14(18(26)23-4)24-17(25)11-7-8-12(10-5-6-10)13(9-11)27-16(22)15(20)21/h7-10,14-16H,5-6H2,1-4H3,(H,23,26)(H,24,25)/t14-,16?/m1/s1. The maximum Gasteiger partial charge on any atom is 0.304 e. The summed E-state index contributed by atoms with van der Waals surface area (Å²) in [5, 5.41) is 5.14. The summed E-state index contributed by atoms with van der Waals surface area (Å²) in [6.45, 7) is 5.40. The molecule has 1 fully saturated rings. The van der Waals surface area contributed by atoms with Gasteiger partial charge in [-0.15, -0.1) is 0 Å². The highest BCUT2D eigenvalue weighted by molar-refractivity contribution is 5.98. The van der Waals surface area contributed by atoms with Crippen LogP contribution in [0.15, 0.2) is 18.2 Å². The van der Waals surface area contributed by atoms with E-state index in [1.165, 1.54) is 19.2 Å². The van der Waals surface area contributed by atoms with Gasteiger partial charge in [-0.3, -0.25) is 9.59 Å². The van der Waals surface area contributed by atoms with Crippen molar-refractivity contribution < 1.29 is 27.5 Å². The highest BCUT2D eigenvalue weighted by Crippen LogP contribution is 2.45. The SMILES string of the molecule is CNC(=O)[C@@H](NC(=O)c1ccc(C2CC2)c(OC(F)C(F)F)c1)C(C)(C)C. The zero-order valence-corrected chi connectivity index (χ0v) is 15.8. The molecule has 8 heteroatoms. The van der Waals surface area contributed by atoms with E-state index in [4.69, 9.17) is 4.74 Å². The second kappa shape index (κ2) is 8.19. The molecule has 2 N–H and O–H groups in total. The molecule has 2 atom stereocenters. The molecule has 0 radical (unpaired) electrons. The summed E-state index contributed by atoms with van der Waals surface area (Å²) in [5.41, 5.74) is 0.158. The Morgan fingerprint density at radius 2 is 1.81 bits per heavy atom. The van der Waals surface area contributed by atoms with E-state index in [-0.39, 0.29) is 23.1 Å². The first-order valence-electron chi connectivity index (χ1n) is 8.80. The van der Waals surface area contributed by atoms with E-state index in [0.717, 1.165) is 12.8 Å². The molecule has 0 aromatic heterocycles. The number of likely N-dealkylation sites (N-methyl/N-ethyl adjacent to an activating group) is 1. The number of nitrogens with one attached hydrogen (secondary N) is 2. The van der Waals surface area contributed by atoms with Crippen molar-refractivity contribution in [1.29, 1.82) is 0 Å². The number of carbonyl (C=O) groups is 2. The molecule has 1 aromatic carbocycles. The number of alkyl halides is 3. The molecule has 1 unspecified atom stereocenters. The number of rotatable bonds is 7. The van der Waals surface area contributed by atoms with Gasteiger partial charge in [0.25, 0.3) is 12.3 Å². The van der Waals surface area contributed by atoms with Crippen molar-refractivity contribution in [3.8, 4) is 5.75 Å². The van der Waals surface area contributed by atoms with E-state index in [0.29, 0.717) is 5.56 Å². The molecule has 5 nitrogen and oxygen atoms in total. The Kier molecular flexibility index (Phi) is 6.38. The molecule has 0 heterocycles. The van der Waals surface area contributed by atoms with Gasteiger partial charge in [-0.1, -0.05) is 26.8 Å². The summed E-state index contributed by atoms with van der Waals surface area (Å²) in [6, 6.07) is 3.56. The van der Waals surface area contributed by atoms with Crippen LogP contribution in [0.2, 0.25) is 0 Å². The predicted molar refractivity (Wildman–Crippen MR) is 94.7 cm³/mol. The van der Waals surface area contributed by atoms with Crippen LogP contribution in [0.4, 0.5) is 13.2 Å².